The molecule has 6 nitrogen and oxygen atoms in total. The minimum atomic E-state index is -1.98. The number of hydrogen-bond acceptors (Lipinski definition) is 6. The van der Waals surface area contributed by atoms with Gasteiger partial charge in [-0.3, -0.25) is 4.79 Å². The van der Waals surface area contributed by atoms with Crippen molar-refractivity contribution in [3.05, 3.63) is 11.6 Å². The van der Waals surface area contributed by atoms with Gasteiger partial charge in [0.05, 0.1) is 31.8 Å². The Kier molecular flexibility index (Phi) is 10.7. The summed E-state index contributed by atoms with van der Waals surface area (Å²) >= 11 is 0. The minimum Gasteiger partial charge on any atom is -0.458 e. The fraction of sp³-hybridized carbons (Fsp3) is 0.889. The maximum atomic E-state index is 12.8. The summed E-state index contributed by atoms with van der Waals surface area (Å²) in [7, 11) is -3.97. The molecule has 0 N–H and O–H groups in total. The Morgan fingerprint density at radius 3 is 1.60 bits per heavy atom. The van der Waals surface area contributed by atoms with E-state index in [1.54, 1.807) is 0 Å². The second-order valence-corrected chi connectivity index (χ2v) is 23.8. The molecule has 1 aliphatic heterocycles. The summed E-state index contributed by atoms with van der Waals surface area (Å²) in [5.74, 6) is -1.04. The standard InChI is InChI=1S/C27H54O6Si2/c1-24(2,3)23(28)33-22(18-27(10)29-15-16-30-27)17-21(19-31-34(11,12)25(4,5)6)20-32-35(13,14)26(7,8)9/h17,22H,15-16,18-20H2,1-14H3. The Morgan fingerprint density at radius 1 is 0.857 bits per heavy atom. The highest BCUT2D eigenvalue weighted by molar-refractivity contribution is 6.74. The SMILES string of the molecule is CC1(CC(C=C(CO[Si](C)(C)C(C)(C)C)CO[Si](C)(C)C(C)(C)C)OC(=O)C(C)(C)C)OCCO1. The van der Waals surface area contributed by atoms with Crippen LogP contribution in [0.1, 0.15) is 75.7 Å². The average Bonchev–Trinajstić information content (AvgIpc) is 3.07. The number of ether oxygens (including phenoxy) is 3. The highest BCUT2D eigenvalue weighted by Crippen LogP contribution is 2.38. The van der Waals surface area contributed by atoms with Gasteiger partial charge in [-0.1, -0.05) is 41.5 Å². The highest BCUT2D eigenvalue weighted by Gasteiger charge is 2.40. The van der Waals surface area contributed by atoms with Crippen LogP contribution >= 0.6 is 0 Å². The van der Waals surface area contributed by atoms with Gasteiger partial charge in [-0.25, -0.2) is 0 Å². The van der Waals surface area contributed by atoms with Crippen molar-refractivity contribution in [1.29, 1.82) is 0 Å². The van der Waals surface area contributed by atoms with Crippen molar-refractivity contribution in [3.8, 4) is 0 Å². The molecule has 0 amide bonds. The number of rotatable bonds is 10. The van der Waals surface area contributed by atoms with E-state index >= 15 is 0 Å². The molecule has 0 aromatic heterocycles. The maximum absolute atomic E-state index is 12.8. The van der Waals surface area contributed by atoms with Gasteiger partial charge in [-0.2, -0.15) is 0 Å². The smallest absolute Gasteiger partial charge is 0.311 e. The summed E-state index contributed by atoms with van der Waals surface area (Å²) in [6.45, 7) is 31.9. The summed E-state index contributed by atoms with van der Waals surface area (Å²) in [5, 5.41) is 0.186. The predicted octanol–water partition coefficient (Wildman–Crippen LogP) is 7.07. The molecule has 0 aromatic carbocycles. The zero-order valence-electron chi connectivity index (χ0n) is 25.1. The van der Waals surface area contributed by atoms with Crippen LogP contribution in [0.4, 0.5) is 0 Å². The van der Waals surface area contributed by atoms with Gasteiger partial charge in [0.25, 0.3) is 0 Å². The minimum absolute atomic E-state index is 0.0928. The summed E-state index contributed by atoms with van der Waals surface area (Å²) in [6, 6.07) is 0. The topological polar surface area (TPSA) is 63.2 Å². The lowest BCUT2D eigenvalue weighted by Gasteiger charge is -2.38. The predicted molar refractivity (Wildman–Crippen MR) is 149 cm³/mol. The highest BCUT2D eigenvalue weighted by atomic mass is 28.4. The molecular weight excluding hydrogens is 476 g/mol. The van der Waals surface area contributed by atoms with Crippen LogP contribution in [0, 0.1) is 5.41 Å². The van der Waals surface area contributed by atoms with Crippen LogP contribution in [0.25, 0.3) is 0 Å². The Bertz CT molecular complexity index is 700. The number of hydrogen-bond donors (Lipinski definition) is 0. The molecule has 0 aliphatic carbocycles. The van der Waals surface area contributed by atoms with E-state index in [1.165, 1.54) is 0 Å². The van der Waals surface area contributed by atoms with Gasteiger partial charge in [0.2, 0.25) is 0 Å². The molecule has 1 aliphatic rings. The molecule has 206 valence electrons. The Labute approximate surface area is 217 Å². The van der Waals surface area contributed by atoms with E-state index in [2.05, 4.69) is 67.7 Å². The first-order valence-corrected chi connectivity index (χ1v) is 18.8. The van der Waals surface area contributed by atoms with Gasteiger partial charge < -0.3 is 23.1 Å². The van der Waals surface area contributed by atoms with E-state index in [4.69, 9.17) is 23.1 Å². The van der Waals surface area contributed by atoms with Crippen molar-refractivity contribution in [2.24, 2.45) is 5.41 Å². The molecule has 1 saturated heterocycles. The molecule has 0 saturated carbocycles. The summed E-state index contributed by atoms with van der Waals surface area (Å²) in [6.07, 6.45) is 1.92. The molecule has 1 rings (SSSR count). The first kappa shape index (κ1) is 32.5. The molecule has 0 spiro atoms. The molecule has 35 heavy (non-hydrogen) atoms. The first-order chi connectivity index (χ1) is 15.5. The van der Waals surface area contributed by atoms with Gasteiger partial charge in [0.1, 0.15) is 6.10 Å². The average molecular weight is 531 g/mol. The summed E-state index contributed by atoms with van der Waals surface area (Å²) in [5.41, 5.74) is 0.382. The molecule has 1 fully saturated rings. The van der Waals surface area contributed by atoms with Gasteiger partial charge in [-0.05, 0) is 75.6 Å². The molecule has 1 unspecified atom stereocenters. The van der Waals surface area contributed by atoms with Crippen LogP contribution in [-0.4, -0.2) is 60.9 Å². The van der Waals surface area contributed by atoms with Gasteiger partial charge >= 0.3 is 5.97 Å². The van der Waals surface area contributed by atoms with E-state index in [-0.39, 0.29) is 16.0 Å². The van der Waals surface area contributed by atoms with Crippen LogP contribution in [0.2, 0.25) is 36.3 Å². The van der Waals surface area contributed by atoms with Crippen LogP contribution in [0.15, 0.2) is 11.6 Å². The van der Waals surface area contributed by atoms with Crippen molar-refractivity contribution >= 4 is 22.6 Å². The Hall–Kier alpha value is -0.516. The van der Waals surface area contributed by atoms with Crippen LogP contribution in [0.5, 0.6) is 0 Å². The zero-order chi connectivity index (χ0) is 27.5. The molecule has 8 heteroatoms. The van der Waals surface area contributed by atoms with Gasteiger partial charge in [-0.15, -0.1) is 0 Å². The van der Waals surface area contributed by atoms with E-state index in [1.807, 2.05) is 33.8 Å². The molecule has 0 aromatic rings. The van der Waals surface area contributed by atoms with E-state index in [0.29, 0.717) is 32.8 Å². The lowest BCUT2D eigenvalue weighted by Crippen LogP contribution is -2.43. The number of esters is 1. The van der Waals surface area contributed by atoms with E-state index in [0.717, 1.165) is 5.57 Å². The third-order valence-corrected chi connectivity index (χ3v) is 16.6. The van der Waals surface area contributed by atoms with Crippen molar-refractivity contribution in [1.82, 2.24) is 0 Å². The molecule has 1 atom stereocenters. The first-order valence-electron chi connectivity index (χ1n) is 13.0. The van der Waals surface area contributed by atoms with Crippen LogP contribution < -0.4 is 0 Å². The molecule has 0 radical (unpaired) electrons. The Morgan fingerprint density at radius 2 is 1.26 bits per heavy atom. The normalized spacial score (nSPS) is 18.3. The van der Waals surface area contributed by atoms with Crippen molar-refractivity contribution in [3.63, 3.8) is 0 Å². The Balaban J connectivity index is 3.29. The second kappa shape index (κ2) is 11.5. The summed E-state index contributed by atoms with van der Waals surface area (Å²) in [4.78, 5) is 12.8. The maximum Gasteiger partial charge on any atom is 0.311 e. The molecule has 1 heterocycles. The van der Waals surface area contributed by atoms with Crippen molar-refractivity contribution in [2.75, 3.05) is 26.4 Å². The fourth-order valence-corrected chi connectivity index (χ4v) is 4.83. The lowest BCUT2D eigenvalue weighted by molar-refractivity contribution is -0.176. The number of carbonyl (C=O) groups excluding carboxylic acids is 1. The zero-order valence-corrected chi connectivity index (χ0v) is 27.1. The number of carbonyl (C=O) groups is 1. The third-order valence-electron chi connectivity index (χ3n) is 7.61. The lowest BCUT2D eigenvalue weighted by atomic mass is 9.97. The molecular formula is C27H54O6Si2. The van der Waals surface area contributed by atoms with Crippen molar-refractivity contribution < 1.29 is 27.9 Å². The van der Waals surface area contributed by atoms with Gasteiger partial charge in [0.15, 0.2) is 22.4 Å². The van der Waals surface area contributed by atoms with Gasteiger partial charge in [0, 0.05) is 6.42 Å². The van der Waals surface area contributed by atoms with Crippen LogP contribution in [0.3, 0.4) is 0 Å². The quantitative estimate of drug-likeness (QED) is 0.171. The van der Waals surface area contributed by atoms with Crippen LogP contribution in [-0.2, 0) is 27.9 Å². The summed E-state index contributed by atoms with van der Waals surface area (Å²) < 4.78 is 30.9. The van der Waals surface area contributed by atoms with Crippen molar-refractivity contribution in [2.45, 2.75) is 124 Å². The monoisotopic (exact) mass is 530 g/mol. The van der Waals surface area contributed by atoms with E-state index in [9.17, 15) is 4.79 Å². The molecule has 0 bridgehead atoms. The second-order valence-electron chi connectivity index (χ2n) is 14.2. The largest absolute Gasteiger partial charge is 0.458 e. The third kappa shape index (κ3) is 10.0. The van der Waals surface area contributed by atoms with E-state index < -0.39 is 33.9 Å². The fourth-order valence-electron chi connectivity index (χ4n) is 2.87.